The van der Waals surface area contributed by atoms with Gasteiger partial charge in [0.25, 0.3) is 11.6 Å². The molecule has 162 valence electrons. The van der Waals surface area contributed by atoms with Gasteiger partial charge in [-0.3, -0.25) is 9.59 Å². The maximum absolute atomic E-state index is 13.0. The number of primary amides is 1. The van der Waals surface area contributed by atoms with E-state index in [0.717, 1.165) is 44.5 Å². The standard InChI is InChI=1S/C23H27N5O3/c1-15-20-18(14-19(26-23(20)31-27-15)16-6-3-2-4-7-16)22(30)25-10-5-11-28-12-8-17(9-13-28)21(24)29/h2-4,6-7,14,17H,5,8-13H2,1H3,(H2,24,29)(H,25,30). The van der Waals surface area contributed by atoms with Crippen LogP contribution in [0.5, 0.6) is 0 Å². The number of nitrogens with zero attached hydrogens (tertiary/aromatic N) is 3. The van der Waals surface area contributed by atoms with Gasteiger partial charge in [0, 0.05) is 18.0 Å². The smallest absolute Gasteiger partial charge is 0.259 e. The van der Waals surface area contributed by atoms with Gasteiger partial charge in [-0.15, -0.1) is 0 Å². The number of rotatable bonds is 7. The number of pyridine rings is 1. The van der Waals surface area contributed by atoms with Gasteiger partial charge in [0.15, 0.2) is 0 Å². The van der Waals surface area contributed by atoms with Crippen molar-refractivity contribution in [3.8, 4) is 11.3 Å². The van der Waals surface area contributed by atoms with E-state index in [9.17, 15) is 9.59 Å². The van der Waals surface area contributed by atoms with Gasteiger partial charge < -0.3 is 20.5 Å². The second kappa shape index (κ2) is 9.26. The minimum absolute atomic E-state index is 0.00401. The first-order valence-electron chi connectivity index (χ1n) is 10.6. The number of carbonyl (C=O) groups excluding carboxylic acids is 2. The van der Waals surface area contributed by atoms with E-state index in [1.54, 1.807) is 6.07 Å². The number of aryl methyl sites for hydroxylation is 1. The zero-order valence-corrected chi connectivity index (χ0v) is 17.6. The van der Waals surface area contributed by atoms with Crippen LogP contribution in [0.15, 0.2) is 40.9 Å². The van der Waals surface area contributed by atoms with E-state index < -0.39 is 0 Å². The van der Waals surface area contributed by atoms with Gasteiger partial charge in [0.05, 0.1) is 22.3 Å². The lowest BCUT2D eigenvalue weighted by atomic mass is 9.96. The predicted octanol–water partition coefficient (Wildman–Crippen LogP) is 2.52. The molecule has 3 aromatic rings. The number of hydrogen-bond acceptors (Lipinski definition) is 6. The normalized spacial score (nSPS) is 15.3. The van der Waals surface area contributed by atoms with Crippen molar-refractivity contribution in [1.82, 2.24) is 20.4 Å². The Hall–Kier alpha value is -3.26. The zero-order valence-electron chi connectivity index (χ0n) is 17.6. The fourth-order valence-corrected chi connectivity index (χ4v) is 4.07. The molecule has 4 rings (SSSR count). The Kier molecular flexibility index (Phi) is 6.27. The van der Waals surface area contributed by atoms with Gasteiger partial charge in [-0.1, -0.05) is 35.5 Å². The van der Waals surface area contributed by atoms with Gasteiger partial charge in [-0.05, 0) is 51.9 Å². The fourth-order valence-electron chi connectivity index (χ4n) is 4.07. The van der Waals surface area contributed by atoms with E-state index in [1.807, 2.05) is 37.3 Å². The molecule has 1 fully saturated rings. The lowest BCUT2D eigenvalue weighted by molar-refractivity contribution is -0.123. The number of piperidine rings is 1. The molecule has 3 N–H and O–H groups in total. The highest BCUT2D eigenvalue weighted by Gasteiger charge is 2.23. The highest BCUT2D eigenvalue weighted by Crippen LogP contribution is 2.27. The number of amides is 2. The summed E-state index contributed by atoms with van der Waals surface area (Å²) in [5.74, 6) is -0.367. The van der Waals surface area contributed by atoms with E-state index in [4.69, 9.17) is 10.3 Å². The Morgan fingerprint density at radius 2 is 1.97 bits per heavy atom. The Bertz CT molecular complexity index is 1070. The molecule has 0 bridgehead atoms. The monoisotopic (exact) mass is 421 g/mol. The minimum atomic E-state index is -0.200. The maximum Gasteiger partial charge on any atom is 0.259 e. The summed E-state index contributed by atoms with van der Waals surface area (Å²) in [6.45, 7) is 4.98. The van der Waals surface area contributed by atoms with Gasteiger partial charge in [-0.2, -0.15) is 0 Å². The first-order valence-corrected chi connectivity index (χ1v) is 10.6. The molecule has 1 aliphatic rings. The summed E-state index contributed by atoms with van der Waals surface area (Å²) < 4.78 is 5.35. The number of carbonyl (C=O) groups is 2. The summed E-state index contributed by atoms with van der Waals surface area (Å²) >= 11 is 0. The van der Waals surface area contributed by atoms with Crippen LogP contribution < -0.4 is 11.1 Å². The molecule has 0 unspecified atom stereocenters. The third-order valence-corrected chi connectivity index (χ3v) is 5.86. The molecule has 1 saturated heterocycles. The van der Waals surface area contributed by atoms with Crippen molar-refractivity contribution in [1.29, 1.82) is 0 Å². The SMILES string of the molecule is Cc1noc2nc(-c3ccccc3)cc(C(=O)NCCCN3CCC(C(N)=O)CC3)c12. The van der Waals surface area contributed by atoms with E-state index in [0.29, 0.717) is 34.6 Å². The van der Waals surface area contributed by atoms with Gasteiger partial charge in [-0.25, -0.2) is 4.98 Å². The van der Waals surface area contributed by atoms with Crippen LogP contribution in [0, 0.1) is 12.8 Å². The van der Waals surface area contributed by atoms with Crippen molar-refractivity contribution in [2.45, 2.75) is 26.2 Å². The molecule has 1 aromatic carbocycles. The molecule has 0 atom stereocenters. The molecule has 8 heteroatoms. The number of hydrogen-bond donors (Lipinski definition) is 2. The number of nitrogens with two attached hydrogens (primary N) is 1. The van der Waals surface area contributed by atoms with Crippen LogP contribution in [0.2, 0.25) is 0 Å². The van der Waals surface area contributed by atoms with Crippen LogP contribution in [0.4, 0.5) is 0 Å². The zero-order chi connectivity index (χ0) is 21.8. The topological polar surface area (TPSA) is 114 Å². The lowest BCUT2D eigenvalue weighted by Gasteiger charge is -2.30. The summed E-state index contributed by atoms with van der Waals surface area (Å²) in [6, 6.07) is 11.5. The molecular formula is C23H27N5O3. The Labute approximate surface area is 180 Å². The number of aromatic nitrogens is 2. The highest BCUT2D eigenvalue weighted by molar-refractivity contribution is 6.06. The summed E-state index contributed by atoms with van der Waals surface area (Å²) in [7, 11) is 0. The van der Waals surface area contributed by atoms with Gasteiger partial charge in [0.2, 0.25) is 5.91 Å². The Morgan fingerprint density at radius 3 is 2.68 bits per heavy atom. The average Bonchev–Trinajstić information content (AvgIpc) is 3.17. The number of likely N-dealkylation sites (tertiary alicyclic amines) is 1. The summed E-state index contributed by atoms with van der Waals surface area (Å²) in [5.41, 5.74) is 8.50. The first kappa shape index (κ1) is 21.0. The van der Waals surface area contributed by atoms with E-state index >= 15 is 0 Å². The van der Waals surface area contributed by atoms with Crippen molar-refractivity contribution in [3.63, 3.8) is 0 Å². The second-order valence-electron chi connectivity index (χ2n) is 8.00. The average molecular weight is 422 g/mol. The van der Waals surface area contributed by atoms with Crippen LogP contribution >= 0.6 is 0 Å². The molecule has 3 heterocycles. The number of nitrogens with one attached hydrogen (secondary N) is 1. The molecule has 2 amide bonds. The minimum Gasteiger partial charge on any atom is -0.369 e. The number of fused-ring (bicyclic) bond motifs is 1. The van der Waals surface area contributed by atoms with Crippen molar-refractivity contribution < 1.29 is 14.1 Å². The molecule has 0 radical (unpaired) electrons. The molecule has 0 saturated carbocycles. The number of benzene rings is 1. The van der Waals surface area contributed by atoms with Crippen LogP contribution in [0.25, 0.3) is 22.4 Å². The largest absolute Gasteiger partial charge is 0.369 e. The van der Waals surface area contributed by atoms with Crippen molar-refractivity contribution in [3.05, 3.63) is 47.7 Å². The predicted molar refractivity (Wildman–Crippen MR) is 117 cm³/mol. The van der Waals surface area contributed by atoms with Crippen molar-refractivity contribution in [2.75, 3.05) is 26.2 Å². The molecule has 0 spiro atoms. The molecule has 31 heavy (non-hydrogen) atoms. The lowest BCUT2D eigenvalue weighted by Crippen LogP contribution is -2.39. The third-order valence-electron chi connectivity index (χ3n) is 5.86. The van der Waals surface area contributed by atoms with Crippen molar-refractivity contribution in [2.24, 2.45) is 11.7 Å². The Balaban J connectivity index is 1.40. The quantitative estimate of drug-likeness (QED) is 0.567. The van der Waals surface area contributed by atoms with E-state index in [2.05, 4.69) is 20.4 Å². The summed E-state index contributed by atoms with van der Waals surface area (Å²) in [6.07, 6.45) is 2.45. The maximum atomic E-state index is 13.0. The summed E-state index contributed by atoms with van der Waals surface area (Å²) in [4.78, 5) is 31.1. The van der Waals surface area contributed by atoms with Crippen LogP contribution in [0.1, 0.15) is 35.3 Å². The molecular weight excluding hydrogens is 394 g/mol. The highest BCUT2D eigenvalue weighted by atomic mass is 16.5. The second-order valence-corrected chi connectivity index (χ2v) is 8.00. The van der Waals surface area contributed by atoms with Crippen LogP contribution in [-0.2, 0) is 4.79 Å². The van der Waals surface area contributed by atoms with E-state index in [1.165, 1.54) is 0 Å². The van der Waals surface area contributed by atoms with Crippen LogP contribution in [0.3, 0.4) is 0 Å². The van der Waals surface area contributed by atoms with Crippen molar-refractivity contribution >= 4 is 22.9 Å². The molecule has 1 aliphatic heterocycles. The van der Waals surface area contributed by atoms with Crippen LogP contribution in [-0.4, -0.2) is 53.0 Å². The van der Waals surface area contributed by atoms with Gasteiger partial charge in [0.1, 0.15) is 0 Å². The van der Waals surface area contributed by atoms with E-state index in [-0.39, 0.29) is 17.7 Å². The molecule has 0 aliphatic carbocycles. The Morgan fingerprint density at radius 1 is 1.23 bits per heavy atom. The molecule has 8 nitrogen and oxygen atoms in total. The molecule has 2 aromatic heterocycles. The van der Waals surface area contributed by atoms with Gasteiger partial charge >= 0.3 is 0 Å². The first-order chi connectivity index (χ1) is 15.0. The third kappa shape index (κ3) is 4.74. The summed E-state index contributed by atoms with van der Waals surface area (Å²) in [5, 5.41) is 7.65. The fraction of sp³-hybridized carbons (Fsp3) is 0.391.